The first kappa shape index (κ1) is 22.9. The maximum Gasteiger partial charge on any atom is 0.231 e. The van der Waals surface area contributed by atoms with Crippen LogP contribution < -0.4 is 14.2 Å². The molecule has 7 nitrogen and oxygen atoms in total. The maximum atomic E-state index is 6.08. The standard InChI is InChI=1S/C24H21BrN4O3S2/c1-3-10-29-22(15(2)32-19-7-5-17(25)6-8-19)27-28-24(29)34-13-18-12-33-23(26-18)16-4-9-20-21(11-16)31-14-30-20/h3-9,11-12,15H,1,10,13-14H2,2H3. The second-order valence-corrected chi connectivity index (χ2v) is 10.2. The van der Waals surface area contributed by atoms with Gasteiger partial charge in [0.2, 0.25) is 6.79 Å². The molecule has 34 heavy (non-hydrogen) atoms. The number of hydrogen-bond acceptors (Lipinski definition) is 8. The van der Waals surface area contributed by atoms with Crippen LogP contribution in [0.3, 0.4) is 0 Å². The highest BCUT2D eigenvalue weighted by molar-refractivity contribution is 9.10. The predicted octanol–water partition coefficient (Wildman–Crippen LogP) is 6.51. The minimum Gasteiger partial charge on any atom is -0.483 e. The molecule has 1 aliphatic rings. The van der Waals surface area contributed by atoms with Crippen LogP contribution in [0.25, 0.3) is 10.6 Å². The monoisotopic (exact) mass is 556 g/mol. The number of thiazole rings is 1. The summed E-state index contributed by atoms with van der Waals surface area (Å²) in [4.78, 5) is 4.80. The van der Waals surface area contributed by atoms with Crippen molar-refractivity contribution < 1.29 is 14.2 Å². The third-order valence-electron chi connectivity index (χ3n) is 5.07. The molecule has 0 N–H and O–H groups in total. The molecule has 10 heteroatoms. The van der Waals surface area contributed by atoms with E-state index in [0.717, 1.165) is 49.0 Å². The minimum absolute atomic E-state index is 0.263. The lowest BCUT2D eigenvalue weighted by Gasteiger charge is -2.15. The van der Waals surface area contributed by atoms with Gasteiger partial charge in [0.1, 0.15) is 10.8 Å². The van der Waals surface area contributed by atoms with Crippen LogP contribution in [0.1, 0.15) is 24.5 Å². The first-order chi connectivity index (χ1) is 16.6. The van der Waals surface area contributed by atoms with Gasteiger partial charge in [-0.25, -0.2) is 4.98 Å². The number of nitrogens with zero attached hydrogens (tertiary/aromatic N) is 4. The van der Waals surface area contributed by atoms with Gasteiger partial charge < -0.3 is 14.2 Å². The third kappa shape index (κ3) is 4.98. The lowest BCUT2D eigenvalue weighted by Crippen LogP contribution is -2.12. The molecule has 174 valence electrons. The molecule has 2 aromatic carbocycles. The Morgan fingerprint density at radius 2 is 2.03 bits per heavy atom. The van der Waals surface area contributed by atoms with Crippen LogP contribution in [-0.2, 0) is 12.3 Å². The van der Waals surface area contributed by atoms with Gasteiger partial charge >= 0.3 is 0 Å². The van der Waals surface area contributed by atoms with Crippen LogP contribution in [0.15, 0.2) is 70.1 Å². The molecule has 0 spiro atoms. The van der Waals surface area contributed by atoms with Gasteiger partial charge in [-0.1, -0.05) is 33.8 Å². The molecular formula is C24H21BrN4O3S2. The first-order valence-corrected chi connectivity index (χ1v) is 13.2. The van der Waals surface area contributed by atoms with Crippen LogP contribution in [0, 0.1) is 0 Å². The van der Waals surface area contributed by atoms with Crippen LogP contribution >= 0.6 is 39.0 Å². The van der Waals surface area contributed by atoms with Gasteiger partial charge in [0.15, 0.2) is 28.6 Å². The fourth-order valence-corrected chi connectivity index (χ4v) is 5.49. The van der Waals surface area contributed by atoms with Gasteiger partial charge in [0.05, 0.1) is 5.69 Å². The topological polar surface area (TPSA) is 71.3 Å². The molecule has 0 fully saturated rings. The van der Waals surface area contributed by atoms with E-state index in [9.17, 15) is 0 Å². The number of rotatable bonds is 9. The molecular weight excluding hydrogens is 536 g/mol. The Balaban J connectivity index is 1.28. The van der Waals surface area contributed by atoms with Crippen LogP contribution in [0.4, 0.5) is 0 Å². The lowest BCUT2D eigenvalue weighted by molar-refractivity contribution is 0.174. The van der Waals surface area contributed by atoms with Gasteiger partial charge in [-0.3, -0.25) is 4.57 Å². The Kier molecular flexibility index (Phi) is 6.89. The Labute approximate surface area is 213 Å². The second-order valence-electron chi connectivity index (χ2n) is 7.45. The number of ether oxygens (including phenoxy) is 3. The third-order valence-corrected chi connectivity index (χ3v) is 7.54. The zero-order valence-corrected chi connectivity index (χ0v) is 21.5. The summed E-state index contributed by atoms with van der Waals surface area (Å²) in [6.45, 7) is 6.72. The lowest BCUT2D eigenvalue weighted by atomic mass is 10.2. The normalized spacial score (nSPS) is 13.1. The quantitative estimate of drug-likeness (QED) is 0.172. The van der Waals surface area contributed by atoms with Gasteiger partial charge in [-0.15, -0.1) is 28.1 Å². The van der Waals surface area contributed by atoms with Gasteiger partial charge in [-0.05, 0) is 49.4 Å². The molecule has 0 amide bonds. The molecule has 1 aliphatic heterocycles. The summed E-state index contributed by atoms with van der Waals surface area (Å²) in [6, 6.07) is 13.6. The average Bonchev–Trinajstić information content (AvgIpc) is 3.59. The molecule has 5 rings (SSSR count). The van der Waals surface area contributed by atoms with Crippen molar-refractivity contribution in [2.45, 2.75) is 30.5 Å². The fraction of sp³-hybridized carbons (Fsp3) is 0.208. The minimum atomic E-state index is -0.264. The first-order valence-electron chi connectivity index (χ1n) is 10.5. The Morgan fingerprint density at radius 1 is 1.21 bits per heavy atom. The molecule has 0 saturated heterocycles. The Hall–Kier alpha value is -2.82. The summed E-state index contributed by atoms with van der Waals surface area (Å²) in [6.07, 6.45) is 1.57. The van der Waals surface area contributed by atoms with Gasteiger partial charge in [-0.2, -0.15) is 0 Å². The Bertz CT molecular complexity index is 1310. The van der Waals surface area contributed by atoms with E-state index in [1.165, 1.54) is 0 Å². The van der Waals surface area contributed by atoms with Crippen LogP contribution in [-0.4, -0.2) is 26.5 Å². The van der Waals surface area contributed by atoms with Crippen molar-refractivity contribution in [3.8, 4) is 27.8 Å². The van der Waals surface area contributed by atoms with E-state index in [4.69, 9.17) is 19.2 Å². The van der Waals surface area contributed by atoms with E-state index in [0.29, 0.717) is 12.3 Å². The van der Waals surface area contributed by atoms with Crippen LogP contribution in [0.2, 0.25) is 0 Å². The molecule has 4 aromatic rings. The van der Waals surface area contributed by atoms with Crippen molar-refractivity contribution in [2.75, 3.05) is 6.79 Å². The highest BCUT2D eigenvalue weighted by Crippen LogP contribution is 2.37. The maximum absolute atomic E-state index is 6.08. The summed E-state index contributed by atoms with van der Waals surface area (Å²) < 4.78 is 20.0. The number of allylic oxidation sites excluding steroid dienone is 1. The fourth-order valence-electron chi connectivity index (χ4n) is 3.45. The van der Waals surface area contributed by atoms with Crippen molar-refractivity contribution in [1.29, 1.82) is 0 Å². The molecule has 0 bridgehead atoms. The summed E-state index contributed by atoms with van der Waals surface area (Å²) >= 11 is 6.65. The number of halogens is 1. The number of thioether (sulfide) groups is 1. The molecule has 1 unspecified atom stereocenters. The van der Waals surface area contributed by atoms with E-state index >= 15 is 0 Å². The van der Waals surface area contributed by atoms with Crippen molar-refractivity contribution in [1.82, 2.24) is 19.7 Å². The SMILES string of the molecule is C=CCn1c(SCc2csc(-c3ccc4c(c3)OCO4)n2)nnc1C(C)Oc1ccc(Br)cc1. The summed E-state index contributed by atoms with van der Waals surface area (Å²) in [5, 5.41) is 12.6. The van der Waals surface area contributed by atoms with Gasteiger partial charge in [0.25, 0.3) is 0 Å². The van der Waals surface area contributed by atoms with Gasteiger partial charge in [0, 0.05) is 27.7 Å². The Morgan fingerprint density at radius 3 is 2.85 bits per heavy atom. The highest BCUT2D eigenvalue weighted by Gasteiger charge is 2.20. The highest BCUT2D eigenvalue weighted by atomic mass is 79.9. The molecule has 2 aromatic heterocycles. The molecule has 0 saturated carbocycles. The number of benzene rings is 2. The number of hydrogen-bond donors (Lipinski definition) is 0. The zero-order chi connectivity index (χ0) is 23.5. The largest absolute Gasteiger partial charge is 0.483 e. The summed E-state index contributed by atoms with van der Waals surface area (Å²) in [7, 11) is 0. The average molecular weight is 557 g/mol. The summed E-state index contributed by atoms with van der Waals surface area (Å²) in [5.41, 5.74) is 2.00. The number of fused-ring (bicyclic) bond motifs is 1. The zero-order valence-electron chi connectivity index (χ0n) is 18.3. The van der Waals surface area contributed by atoms with Crippen molar-refractivity contribution in [2.24, 2.45) is 0 Å². The second kappa shape index (κ2) is 10.2. The molecule has 0 aliphatic carbocycles. The molecule has 1 atom stereocenters. The molecule has 0 radical (unpaired) electrons. The summed E-state index contributed by atoms with van der Waals surface area (Å²) in [5.74, 6) is 3.74. The van der Waals surface area contributed by atoms with Crippen molar-refractivity contribution >= 4 is 39.0 Å². The van der Waals surface area contributed by atoms with E-state index in [2.05, 4.69) is 38.1 Å². The van der Waals surface area contributed by atoms with Crippen LogP contribution in [0.5, 0.6) is 17.2 Å². The smallest absolute Gasteiger partial charge is 0.231 e. The predicted molar refractivity (Wildman–Crippen MR) is 137 cm³/mol. The van der Waals surface area contributed by atoms with E-state index in [-0.39, 0.29) is 12.9 Å². The van der Waals surface area contributed by atoms with E-state index in [1.54, 1.807) is 23.1 Å². The van der Waals surface area contributed by atoms with E-state index < -0.39 is 0 Å². The molecule has 3 heterocycles. The van der Waals surface area contributed by atoms with Crippen molar-refractivity contribution in [3.05, 3.63) is 76.5 Å². The van der Waals surface area contributed by atoms with Crippen molar-refractivity contribution in [3.63, 3.8) is 0 Å². The van der Waals surface area contributed by atoms with E-state index in [1.807, 2.05) is 60.0 Å². The number of aromatic nitrogens is 4.